The summed E-state index contributed by atoms with van der Waals surface area (Å²) < 4.78 is 0. The fourth-order valence-electron chi connectivity index (χ4n) is 9.47. The van der Waals surface area contributed by atoms with Crippen LogP contribution >= 0.6 is 0 Å². The molecule has 0 aromatic heterocycles. The highest BCUT2D eigenvalue weighted by molar-refractivity contribution is 6.23. The van der Waals surface area contributed by atoms with Gasteiger partial charge in [-0.2, -0.15) is 0 Å². The number of fused-ring (bicyclic) bond motifs is 4. The van der Waals surface area contributed by atoms with Gasteiger partial charge in [-0.05, 0) is 164 Å². The molecule has 2 nitrogen and oxygen atoms in total. The number of hydrogen-bond acceptors (Lipinski definition) is 2. The first-order valence-electron chi connectivity index (χ1n) is 21.2. The summed E-state index contributed by atoms with van der Waals surface area (Å²) >= 11 is 0. The van der Waals surface area contributed by atoms with Crippen LogP contribution in [-0.2, 0) is 6.42 Å². The van der Waals surface area contributed by atoms with Gasteiger partial charge in [-0.1, -0.05) is 146 Å². The molecule has 0 amide bonds. The zero-order chi connectivity index (χ0) is 39.8. The first-order valence-corrected chi connectivity index (χ1v) is 21.2. The highest BCUT2D eigenvalue weighted by Crippen LogP contribution is 2.49. The monoisotopic (exact) mass is 768 g/mol. The molecule has 2 aliphatic carbocycles. The van der Waals surface area contributed by atoms with Crippen LogP contribution in [0.3, 0.4) is 0 Å². The number of anilines is 5. The Bertz CT molecular complexity index is 3100. The van der Waals surface area contributed by atoms with Crippen molar-refractivity contribution in [2.45, 2.75) is 25.7 Å². The van der Waals surface area contributed by atoms with E-state index in [2.05, 4.69) is 228 Å². The van der Waals surface area contributed by atoms with Gasteiger partial charge < -0.3 is 9.80 Å². The van der Waals surface area contributed by atoms with Gasteiger partial charge in [-0.15, -0.1) is 0 Å². The van der Waals surface area contributed by atoms with Gasteiger partial charge in [0.25, 0.3) is 0 Å². The third-order valence-corrected chi connectivity index (χ3v) is 12.3. The molecule has 0 aliphatic heterocycles. The highest BCUT2D eigenvalue weighted by Gasteiger charge is 2.23. The summed E-state index contributed by atoms with van der Waals surface area (Å²) in [5.74, 6) is 0. The molecule has 0 N–H and O–H groups in total. The molecule has 0 unspecified atom stereocenters. The van der Waals surface area contributed by atoms with Crippen molar-refractivity contribution in [3.8, 4) is 22.3 Å². The minimum absolute atomic E-state index is 0.983. The second-order valence-electron chi connectivity index (χ2n) is 15.9. The molecule has 9 aromatic carbocycles. The summed E-state index contributed by atoms with van der Waals surface area (Å²) in [6.07, 6.45) is 15.5. The second kappa shape index (κ2) is 15.4. The summed E-state index contributed by atoms with van der Waals surface area (Å²) in [5, 5.41) is 7.43. The molecule has 9 aromatic rings. The Labute approximate surface area is 352 Å². The normalized spacial score (nSPS) is 13.4. The Balaban J connectivity index is 1.25. The lowest BCUT2D eigenvalue weighted by molar-refractivity contribution is 0.918. The molecule has 0 radical (unpaired) electrons. The molecule has 2 heteroatoms. The second-order valence-corrected chi connectivity index (χ2v) is 15.9. The summed E-state index contributed by atoms with van der Waals surface area (Å²) in [5.41, 5.74) is 14.7. The van der Waals surface area contributed by atoms with Gasteiger partial charge in [0, 0.05) is 34.1 Å². The Kier molecular flexibility index (Phi) is 9.17. The molecule has 0 saturated heterocycles. The van der Waals surface area contributed by atoms with Crippen molar-refractivity contribution in [1.29, 1.82) is 0 Å². The lowest BCUT2D eigenvalue weighted by Crippen LogP contribution is -2.17. The van der Waals surface area contributed by atoms with Crippen LogP contribution in [-0.4, -0.2) is 0 Å². The van der Waals surface area contributed by atoms with Gasteiger partial charge in [0.05, 0.1) is 0 Å². The van der Waals surface area contributed by atoms with E-state index in [-0.39, 0.29) is 0 Å². The Morgan fingerprint density at radius 1 is 0.367 bits per heavy atom. The topological polar surface area (TPSA) is 6.48 Å². The number of nitrogens with zero attached hydrogens (tertiary/aromatic N) is 2. The Hall–Kier alpha value is -7.42. The molecule has 2 aliphatic rings. The maximum atomic E-state index is 2.47. The van der Waals surface area contributed by atoms with Gasteiger partial charge >= 0.3 is 0 Å². The molecule has 0 saturated carbocycles. The van der Waals surface area contributed by atoms with Gasteiger partial charge in [-0.3, -0.25) is 0 Å². The molecular weight excluding hydrogens is 725 g/mol. The number of benzene rings is 9. The van der Waals surface area contributed by atoms with E-state index in [0.29, 0.717) is 0 Å². The first kappa shape index (κ1) is 35.7. The quantitative estimate of drug-likeness (QED) is 0.142. The fourth-order valence-corrected chi connectivity index (χ4v) is 9.47. The standard InChI is InChI=1S/C58H44N2/c1-5-21-47(22-6-1)59(48-23-7-2-8-24-48)51-33-35-53-55(39-51)57(45-31-29-41-17-13-15-19-43(41)37-45)54-36-34-52(60(49-25-9-3-10-26-49)50-27-11-4-12-28-50)40-56(54)58(53)46-32-30-42-18-14-16-20-44(42)38-46/h1-11,13-15,17-19,21-27,29-40H,12,16,20,28H2. The lowest BCUT2D eigenvalue weighted by atomic mass is 9.83. The van der Waals surface area contributed by atoms with Crippen LogP contribution in [0.1, 0.15) is 30.4 Å². The van der Waals surface area contributed by atoms with Crippen LogP contribution in [0.25, 0.3) is 60.6 Å². The van der Waals surface area contributed by atoms with Crippen LogP contribution in [0.2, 0.25) is 0 Å². The molecule has 60 heavy (non-hydrogen) atoms. The highest BCUT2D eigenvalue weighted by atomic mass is 15.2. The van der Waals surface area contributed by atoms with Crippen molar-refractivity contribution in [2.24, 2.45) is 0 Å². The van der Waals surface area contributed by atoms with Crippen LogP contribution in [0.4, 0.5) is 28.4 Å². The van der Waals surface area contributed by atoms with E-state index in [1.807, 2.05) is 0 Å². The molecule has 0 atom stereocenters. The van der Waals surface area contributed by atoms with E-state index < -0.39 is 0 Å². The van der Waals surface area contributed by atoms with Gasteiger partial charge in [0.15, 0.2) is 0 Å². The molecule has 286 valence electrons. The number of hydrogen-bond donors (Lipinski definition) is 0. The third kappa shape index (κ3) is 6.47. The largest absolute Gasteiger partial charge is 0.314 e. The van der Waals surface area contributed by atoms with Gasteiger partial charge in [0.2, 0.25) is 0 Å². The van der Waals surface area contributed by atoms with Crippen LogP contribution in [0.5, 0.6) is 0 Å². The predicted molar refractivity (Wildman–Crippen MR) is 257 cm³/mol. The zero-order valence-electron chi connectivity index (χ0n) is 33.5. The van der Waals surface area contributed by atoms with E-state index in [9.17, 15) is 0 Å². The third-order valence-electron chi connectivity index (χ3n) is 12.3. The van der Waals surface area contributed by atoms with Gasteiger partial charge in [0.1, 0.15) is 0 Å². The smallest absolute Gasteiger partial charge is 0.0468 e. The fraction of sp³-hybridized carbons (Fsp3) is 0.0690. The minimum atomic E-state index is 0.983. The molecule has 0 spiro atoms. The summed E-state index contributed by atoms with van der Waals surface area (Å²) in [6.45, 7) is 0. The summed E-state index contributed by atoms with van der Waals surface area (Å²) in [6, 6.07) is 69.5. The lowest BCUT2D eigenvalue weighted by Gasteiger charge is -2.30. The van der Waals surface area contributed by atoms with E-state index >= 15 is 0 Å². The van der Waals surface area contributed by atoms with Gasteiger partial charge in [-0.25, -0.2) is 0 Å². The number of rotatable bonds is 8. The van der Waals surface area contributed by atoms with Crippen molar-refractivity contribution < 1.29 is 0 Å². The molecule has 11 rings (SSSR count). The van der Waals surface area contributed by atoms with Crippen LogP contribution in [0.15, 0.2) is 218 Å². The average Bonchev–Trinajstić information content (AvgIpc) is 3.32. The van der Waals surface area contributed by atoms with E-state index in [4.69, 9.17) is 0 Å². The minimum Gasteiger partial charge on any atom is -0.314 e. The SMILES string of the molecule is C1=CCCC(N(c2ccccc2)c2ccc3c(-c4ccc5ccccc5c4)c4cc(N(c5ccccc5)c5ccccc5)ccc4c(-c4ccc5c(c4)CCC=C5)c3c2)=C1. The number of aryl methyl sites for hydroxylation is 1. The average molecular weight is 769 g/mol. The van der Waals surface area contributed by atoms with Crippen molar-refractivity contribution in [2.75, 3.05) is 9.80 Å². The molecule has 0 fully saturated rings. The molecule has 0 bridgehead atoms. The maximum absolute atomic E-state index is 2.47. The summed E-state index contributed by atoms with van der Waals surface area (Å²) in [7, 11) is 0. The van der Waals surface area contributed by atoms with E-state index in [1.165, 1.54) is 77.1 Å². The molecule has 0 heterocycles. The number of allylic oxidation sites excluding steroid dienone is 5. The van der Waals surface area contributed by atoms with Crippen molar-refractivity contribution in [3.63, 3.8) is 0 Å². The summed E-state index contributed by atoms with van der Waals surface area (Å²) in [4.78, 5) is 4.84. The van der Waals surface area contributed by atoms with E-state index in [1.54, 1.807) is 0 Å². The predicted octanol–water partition coefficient (Wildman–Crippen LogP) is 16.3. The van der Waals surface area contributed by atoms with Crippen molar-refractivity contribution in [1.82, 2.24) is 0 Å². The molecular formula is C58H44N2. The Morgan fingerprint density at radius 3 is 1.55 bits per heavy atom. The Morgan fingerprint density at radius 2 is 0.917 bits per heavy atom. The first-order chi connectivity index (χ1) is 29.8. The van der Waals surface area contributed by atoms with Crippen molar-refractivity contribution >= 4 is 66.8 Å². The number of para-hydroxylation sites is 3. The van der Waals surface area contributed by atoms with Crippen LogP contribution < -0.4 is 9.80 Å². The van der Waals surface area contributed by atoms with Crippen molar-refractivity contribution in [3.05, 3.63) is 229 Å². The zero-order valence-corrected chi connectivity index (χ0v) is 33.5. The maximum Gasteiger partial charge on any atom is 0.0468 e. The van der Waals surface area contributed by atoms with E-state index in [0.717, 1.165) is 48.4 Å². The van der Waals surface area contributed by atoms with Crippen LogP contribution in [0, 0.1) is 0 Å².